The third-order valence-electron chi connectivity index (χ3n) is 8.74. The van der Waals surface area contributed by atoms with Crippen LogP contribution in [0.4, 0.5) is 10.1 Å². The lowest BCUT2D eigenvalue weighted by Crippen LogP contribution is -2.24. The molecule has 1 aromatic heterocycles. The van der Waals surface area contributed by atoms with Gasteiger partial charge in [-0.15, -0.1) is 0 Å². The summed E-state index contributed by atoms with van der Waals surface area (Å²) in [4.78, 5) is 28.1. The quantitative estimate of drug-likeness (QED) is 0.316. The number of nitrogens with one attached hydrogen (secondary N) is 1. The predicted molar refractivity (Wildman–Crippen MR) is 167 cm³/mol. The van der Waals surface area contributed by atoms with Crippen LogP contribution in [-0.4, -0.2) is 25.4 Å². The number of carbonyl (C=O) groups excluding carboxylic acids is 2. The van der Waals surface area contributed by atoms with Gasteiger partial charge in [-0.2, -0.15) is 0 Å². The van der Waals surface area contributed by atoms with Crippen LogP contribution >= 0.6 is 0 Å². The fourth-order valence-corrected chi connectivity index (χ4v) is 6.51. The Hall–Kier alpha value is -4.19. The van der Waals surface area contributed by atoms with Crippen molar-refractivity contribution in [2.75, 3.05) is 18.5 Å². The molecule has 6 rings (SSSR count). The molecule has 216 valence electrons. The molecular formula is C36H37FN2O3. The smallest absolute Gasteiger partial charge is 0.255 e. The minimum absolute atomic E-state index is 0.0774. The van der Waals surface area contributed by atoms with Crippen LogP contribution in [0.1, 0.15) is 74.2 Å². The lowest BCUT2D eigenvalue weighted by molar-refractivity contribution is -0.117. The van der Waals surface area contributed by atoms with Crippen LogP contribution in [0, 0.1) is 11.7 Å². The van der Waals surface area contributed by atoms with E-state index < -0.39 is 0 Å². The zero-order chi connectivity index (χ0) is 29.2. The first kappa shape index (κ1) is 28.0. The molecule has 0 unspecified atom stereocenters. The maximum Gasteiger partial charge on any atom is 0.255 e. The summed E-state index contributed by atoms with van der Waals surface area (Å²) in [6.45, 7) is 2.76. The third kappa shape index (κ3) is 5.50. The van der Waals surface area contributed by atoms with Crippen LogP contribution in [0.2, 0.25) is 0 Å². The van der Waals surface area contributed by atoms with Gasteiger partial charge in [-0.05, 0) is 73.6 Å². The number of fused-ring (bicyclic) bond motifs is 1. The van der Waals surface area contributed by atoms with Crippen molar-refractivity contribution in [2.45, 2.75) is 58.3 Å². The van der Waals surface area contributed by atoms with Crippen LogP contribution in [-0.2, 0) is 4.79 Å². The van der Waals surface area contributed by atoms with E-state index in [1.807, 2.05) is 17.0 Å². The second-order valence-electron chi connectivity index (χ2n) is 11.6. The summed E-state index contributed by atoms with van der Waals surface area (Å²) in [5.74, 6) is 0.337. The molecule has 2 fully saturated rings. The zero-order valence-corrected chi connectivity index (χ0v) is 24.3. The number of carbonyl (C=O) groups is 2. The Labute approximate surface area is 246 Å². The van der Waals surface area contributed by atoms with Gasteiger partial charge in [0, 0.05) is 42.6 Å². The van der Waals surface area contributed by atoms with Gasteiger partial charge in [0.15, 0.2) is 0 Å². The van der Waals surface area contributed by atoms with E-state index in [2.05, 4.69) is 42.6 Å². The summed E-state index contributed by atoms with van der Waals surface area (Å²) in [6, 6.07) is 9.80. The first-order chi connectivity index (χ1) is 20.4. The largest absolute Gasteiger partial charge is 0.455 e. The van der Waals surface area contributed by atoms with Crippen molar-refractivity contribution in [1.82, 2.24) is 5.32 Å². The summed E-state index contributed by atoms with van der Waals surface area (Å²) in [7, 11) is 1.59. The van der Waals surface area contributed by atoms with Crippen LogP contribution in [0.5, 0.6) is 0 Å². The second kappa shape index (κ2) is 12.0. The molecule has 3 aliphatic rings. The van der Waals surface area contributed by atoms with Gasteiger partial charge in [-0.1, -0.05) is 61.6 Å². The van der Waals surface area contributed by atoms with E-state index in [0.717, 1.165) is 23.2 Å². The second-order valence-corrected chi connectivity index (χ2v) is 11.6. The lowest BCUT2D eigenvalue weighted by Gasteiger charge is -2.21. The summed E-state index contributed by atoms with van der Waals surface area (Å²) < 4.78 is 20.1. The Kier molecular flexibility index (Phi) is 7.96. The minimum atomic E-state index is -0.364. The Morgan fingerprint density at radius 2 is 1.76 bits per heavy atom. The van der Waals surface area contributed by atoms with Crippen LogP contribution < -0.4 is 10.2 Å². The Balaban J connectivity index is 1.55. The number of nitrogens with zero attached hydrogens (tertiary/aromatic N) is 1. The van der Waals surface area contributed by atoms with Crippen molar-refractivity contribution < 1.29 is 18.4 Å². The number of hydrogen-bond acceptors (Lipinski definition) is 3. The van der Waals surface area contributed by atoms with E-state index in [9.17, 15) is 14.0 Å². The van der Waals surface area contributed by atoms with Gasteiger partial charge in [-0.25, -0.2) is 4.39 Å². The minimum Gasteiger partial charge on any atom is -0.455 e. The van der Waals surface area contributed by atoms with Gasteiger partial charge in [0.25, 0.3) is 5.91 Å². The number of benzene rings is 2. The topological polar surface area (TPSA) is 62.6 Å². The molecule has 6 heteroatoms. The van der Waals surface area contributed by atoms with Crippen LogP contribution in [0.15, 0.2) is 82.3 Å². The molecule has 2 aromatic carbocycles. The van der Waals surface area contributed by atoms with E-state index in [1.54, 1.807) is 19.2 Å². The monoisotopic (exact) mass is 564 g/mol. The van der Waals surface area contributed by atoms with Crippen molar-refractivity contribution in [3.8, 4) is 11.3 Å². The number of furan rings is 1. The molecule has 1 N–H and O–H groups in total. The van der Waals surface area contributed by atoms with Crippen molar-refractivity contribution in [1.29, 1.82) is 0 Å². The average molecular weight is 565 g/mol. The van der Waals surface area contributed by atoms with Crippen LogP contribution in [0.25, 0.3) is 27.9 Å². The third-order valence-corrected chi connectivity index (χ3v) is 8.74. The molecule has 1 saturated carbocycles. The molecule has 2 amide bonds. The molecule has 3 aromatic rings. The number of amides is 2. The number of hydrogen-bond donors (Lipinski definition) is 1. The molecule has 1 saturated heterocycles. The molecule has 5 nitrogen and oxygen atoms in total. The Morgan fingerprint density at radius 3 is 2.45 bits per heavy atom. The summed E-state index contributed by atoms with van der Waals surface area (Å²) in [6.07, 6.45) is 19.8. The standard InChI is InChI=1S/C36H37FN2O3/c1-23-11-12-25(13-14-27(20-23)24-8-5-3-4-6-9-24)29-21-30-32(22-31(29)39-19-7-10-33(39)40)42-35(34(30)36(41)38-2)26-15-17-28(37)18-16-26/h11-18,20-22,24H,3-10,19H2,1-2H3,(H,38,41)/b12-11-,14-13?,23-11?,23-20-,25-12?,25-13+,27-14+,27-20?. The fraction of sp³-hybridized carbons (Fsp3) is 0.333. The van der Waals surface area contributed by atoms with E-state index >= 15 is 0 Å². The Bertz CT molecular complexity index is 1650. The molecule has 0 bridgehead atoms. The molecule has 2 heterocycles. The lowest BCUT2D eigenvalue weighted by atomic mass is 9.88. The van der Waals surface area contributed by atoms with Crippen LogP contribution in [0.3, 0.4) is 0 Å². The zero-order valence-electron chi connectivity index (χ0n) is 24.3. The SMILES string of the molecule is CNC(=O)c1c(-c2ccc(F)cc2)oc2cc(N3CCCC3=O)c(C3=C/C=C(C4CCCCCC4)\C=C(C)/C=C\3)cc12. The van der Waals surface area contributed by atoms with Gasteiger partial charge < -0.3 is 14.6 Å². The summed E-state index contributed by atoms with van der Waals surface area (Å²) in [5, 5.41) is 3.39. The summed E-state index contributed by atoms with van der Waals surface area (Å²) in [5.41, 5.74) is 6.65. The van der Waals surface area contributed by atoms with Crippen molar-refractivity contribution >= 4 is 34.0 Å². The van der Waals surface area contributed by atoms with Crippen molar-refractivity contribution in [2.24, 2.45) is 5.92 Å². The van der Waals surface area contributed by atoms with Gasteiger partial charge in [0.1, 0.15) is 17.2 Å². The van der Waals surface area contributed by atoms with Gasteiger partial charge >= 0.3 is 0 Å². The van der Waals surface area contributed by atoms with Gasteiger partial charge in [0.05, 0.1) is 11.3 Å². The highest BCUT2D eigenvalue weighted by atomic mass is 19.1. The summed E-state index contributed by atoms with van der Waals surface area (Å²) >= 11 is 0. The molecule has 2 aliphatic carbocycles. The first-order valence-corrected chi connectivity index (χ1v) is 15.1. The molecule has 0 atom stereocenters. The van der Waals surface area contributed by atoms with E-state index in [-0.39, 0.29) is 17.6 Å². The molecular weight excluding hydrogens is 527 g/mol. The van der Waals surface area contributed by atoms with E-state index in [4.69, 9.17) is 4.42 Å². The number of rotatable bonds is 5. The molecule has 1 aliphatic heterocycles. The van der Waals surface area contributed by atoms with E-state index in [0.29, 0.717) is 46.7 Å². The Morgan fingerprint density at radius 1 is 1.00 bits per heavy atom. The van der Waals surface area contributed by atoms with Gasteiger partial charge in [-0.3, -0.25) is 9.59 Å². The highest BCUT2D eigenvalue weighted by Gasteiger charge is 2.29. The maximum absolute atomic E-state index is 13.7. The maximum atomic E-state index is 13.7. The molecule has 0 radical (unpaired) electrons. The van der Waals surface area contributed by atoms with E-state index in [1.165, 1.54) is 61.8 Å². The highest BCUT2D eigenvalue weighted by Crippen LogP contribution is 2.41. The predicted octanol–water partition coefficient (Wildman–Crippen LogP) is 8.52. The number of anilines is 1. The van der Waals surface area contributed by atoms with Crippen molar-refractivity contribution in [3.63, 3.8) is 0 Å². The average Bonchev–Trinajstić information content (AvgIpc) is 3.46. The van der Waals surface area contributed by atoms with Crippen molar-refractivity contribution in [3.05, 3.63) is 94.9 Å². The molecule has 42 heavy (non-hydrogen) atoms. The number of halogens is 1. The number of allylic oxidation sites excluding steroid dienone is 8. The van der Waals surface area contributed by atoms with Gasteiger partial charge in [0.2, 0.25) is 5.91 Å². The molecule has 0 spiro atoms. The normalized spacial score (nSPS) is 22.8. The first-order valence-electron chi connectivity index (χ1n) is 15.1. The highest BCUT2D eigenvalue weighted by molar-refractivity contribution is 6.13. The fourth-order valence-electron chi connectivity index (χ4n) is 6.51.